The van der Waals surface area contributed by atoms with Gasteiger partial charge in [-0.25, -0.2) is 0 Å². The highest BCUT2D eigenvalue weighted by Gasteiger charge is 2.42. The molecule has 0 saturated carbocycles. The zero-order chi connectivity index (χ0) is 20.7. The smallest absolute Gasteiger partial charge is 0.290 e. The highest BCUT2D eigenvalue weighted by atomic mass is 32.2. The predicted octanol–water partition coefficient (Wildman–Crippen LogP) is 4.06. The molecule has 3 aromatic rings. The lowest BCUT2D eigenvalue weighted by atomic mass is 9.97. The summed E-state index contributed by atoms with van der Waals surface area (Å²) in [6.07, 6.45) is 2.44. The lowest BCUT2D eigenvalue weighted by Crippen LogP contribution is -2.31. The first-order chi connectivity index (χ1) is 14.0. The molecule has 2 aromatic carbocycles. The zero-order valence-corrected chi connectivity index (χ0v) is 17.5. The van der Waals surface area contributed by atoms with Crippen LogP contribution in [0.1, 0.15) is 45.3 Å². The molecule has 1 aromatic heterocycles. The summed E-state index contributed by atoms with van der Waals surface area (Å²) in [5.74, 6) is -0.185. The molecule has 1 N–H and O–H groups in total. The van der Waals surface area contributed by atoms with Gasteiger partial charge >= 0.3 is 0 Å². The van der Waals surface area contributed by atoms with Gasteiger partial charge in [0.05, 0.1) is 17.0 Å². The van der Waals surface area contributed by atoms with Crippen molar-refractivity contribution in [2.75, 3.05) is 19.4 Å². The van der Waals surface area contributed by atoms with Gasteiger partial charge in [0.2, 0.25) is 5.76 Å². The van der Waals surface area contributed by atoms with Gasteiger partial charge in [0.25, 0.3) is 5.91 Å². The Labute approximate surface area is 173 Å². The van der Waals surface area contributed by atoms with Gasteiger partial charge in [-0.05, 0) is 61.4 Å². The zero-order valence-electron chi connectivity index (χ0n) is 16.7. The van der Waals surface area contributed by atoms with E-state index in [-0.39, 0.29) is 23.7 Å². The number of fused-ring (bicyclic) bond motifs is 2. The van der Waals surface area contributed by atoms with Crippen molar-refractivity contribution in [2.45, 2.75) is 31.2 Å². The Hall–Kier alpha value is -2.57. The summed E-state index contributed by atoms with van der Waals surface area (Å²) in [5, 5.41) is 9.83. The second kappa shape index (κ2) is 7.69. The molecule has 0 radical (unpaired) electrons. The van der Waals surface area contributed by atoms with Gasteiger partial charge in [0.1, 0.15) is 5.58 Å². The van der Waals surface area contributed by atoms with E-state index in [1.807, 2.05) is 50.4 Å². The fourth-order valence-electron chi connectivity index (χ4n) is 4.12. The standard InChI is InChI=1S/C23H23NO4S/c1-13-11-14(2)18-17(12-13)28-22-19(21(18)26)20(24(23(22)27)9-4-10-25)15-5-7-16(29-3)8-6-15/h5-8,11-12,20,25H,4,9-10H2,1-3H3. The molecule has 4 rings (SSSR count). The highest BCUT2D eigenvalue weighted by Crippen LogP contribution is 2.39. The summed E-state index contributed by atoms with van der Waals surface area (Å²) < 4.78 is 6.01. The Kier molecular flexibility index (Phi) is 5.23. The summed E-state index contributed by atoms with van der Waals surface area (Å²) in [5.41, 5.74) is 3.37. The molecule has 2 heterocycles. The number of nitrogens with zero attached hydrogens (tertiary/aromatic N) is 1. The molecule has 0 fully saturated rings. The van der Waals surface area contributed by atoms with Crippen LogP contribution >= 0.6 is 11.8 Å². The van der Waals surface area contributed by atoms with Gasteiger partial charge in [-0.2, -0.15) is 0 Å². The maximum Gasteiger partial charge on any atom is 0.290 e. The van der Waals surface area contributed by atoms with E-state index in [9.17, 15) is 14.7 Å². The van der Waals surface area contributed by atoms with Crippen LogP contribution in [0.25, 0.3) is 11.0 Å². The van der Waals surface area contributed by atoms with Crippen molar-refractivity contribution in [3.05, 3.63) is 74.6 Å². The minimum atomic E-state index is -0.513. The number of aryl methyl sites for hydroxylation is 2. The number of carbonyl (C=O) groups excluding carboxylic acids is 1. The summed E-state index contributed by atoms with van der Waals surface area (Å²) in [7, 11) is 0. The molecular weight excluding hydrogens is 386 g/mol. The normalized spacial score (nSPS) is 15.9. The predicted molar refractivity (Wildman–Crippen MR) is 115 cm³/mol. The second-order valence-electron chi connectivity index (χ2n) is 7.38. The lowest BCUT2D eigenvalue weighted by molar-refractivity contribution is 0.0716. The number of thioether (sulfide) groups is 1. The second-order valence-corrected chi connectivity index (χ2v) is 8.26. The van der Waals surface area contributed by atoms with Crippen LogP contribution < -0.4 is 5.43 Å². The molecule has 0 saturated heterocycles. The Morgan fingerprint density at radius 2 is 1.86 bits per heavy atom. The third-order valence-corrected chi connectivity index (χ3v) is 6.14. The van der Waals surface area contributed by atoms with Crippen molar-refractivity contribution >= 4 is 28.6 Å². The van der Waals surface area contributed by atoms with Crippen molar-refractivity contribution in [1.29, 1.82) is 0 Å². The molecular formula is C23H23NO4S. The van der Waals surface area contributed by atoms with E-state index in [0.29, 0.717) is 29.5 Å². The molecule has 1 amide bonds. The van der Waals surface area contributed by atoms with Gasteiger partial charge in [0.15, 0.2) is 5.43 Å². The topological polar surface area (TPSA) is 70.8 Å². The Bertz CT molecular complexity index is 1150. The van der Waals surface area contributed by atoms with Crippen LogP contribution in [0.2, 0.25) is 0 Å². The molecule has 6 heteroatoms. The van der Waals surface area contributed by atoms with E-state index < -0.39 is 6.04 Å². The van der Waals surface area contributed by atoms with E-state index >= 15 is 0 Å². The van der Waals surface area contributed by atoms with Gasteiger partial charge < -0.3 is 14.4 Å². The van der Waals surface area contributed by atoms with Gasteiger partial charge in [-0.1, -0.05) is 18.2 Å². The number of benzene rings is 2. The third-order valence-electron chi connectivity index (χ3n) is 5.40. The number of carbonyl (C=O) groups is 1. The van der Waals surface area contributed by atoms with Crippen LogP contribution in [0, 0.1) is 13.8 Å². The molecule has 29 heavy (non-hydrogen) atoms. The largest absolute Gasteiger partial charge is 0.450 e. The van der Waals surface area contributed by atoms with Crippen molar-refractivity contribution < 1.29 is 14.3 Å². The summed E-state index contributed by atoms with van der Waals surface area (Å²) in [6, 6.07) is 11.1. The molecule has 0 bridgehead atoms. The van der Waals surface area contributed by atoms with E-state index in [1.165, 1.54) is 0 Å². The van der Waals surface area contributed by atoms with Crippen LogP contribution in [0.3, 0.4) is 0 Å². The molecule has 1 atom stereocenters. The third kappa shape index (κ3) is 3.26. The number of aliphatic hydroxyl groups is 1. The summed E-state index contributed by atoms with van der Waals surface area (Å²) in [6.45, 7) is 4.15. The van der Waals surface area contributed by atoms with Crippen LogP contribution in [0.4, 0.5) is 0 Å². The fraction of sp³-hybridized carbons (Fsp3) is 0.304. The molecule has 0 aliphatic carbocycles. The van der Waals surface area contributed by atoms with Crippen molar-refractivity contribution in [3.63, 3.8) is 0 Å². The first-order valence-electron chi connectivity index (χ1n) is 9.60. The quantitative estimate of drug-likeness (QED) is 0.644. The van der Waals surface area contributed by atoms with Crippen molar-refractivity contribution in [1.82, 2.24) is 4.90 Å². The Morgan fingerprint density at radius 3 is 2.52 bits per heavy atom. The molecule has 1 unspecified atom stereocenters. The van der Waals surface area contributed by atoms with E-state index in [1.54, 1.807) is 22.7 Å². The Morgan fingerprint density at radius 1 is 1.14 bits per heavy atom. The lowest BCUT2D eigenvalue weighted by Gasteiger charge is -2.25. The van der Waals surface area contributed by atoms with Crippen LogP contribution in [0.15, 0.2) is 50.5 Å². The minimum Gasteiger partial charge on any atom is -0.450 e. The summed E-state index contributed by atoms with van der Waals surface area (Å²) in [4.78, 5) is 29.5. The first kappa shape index (κ1) is 19.7. The molecule has 1 aliphatic rings. The number of rotatable bonds is 5. The van der Waals surface area contributed by atoms with Crippen molar-refractivity contribution in [2.24, 2.45) is 0 Å². The molecule has 1 aliphatic heterocycles. The first-order valence-corrected chi connectivity index (χ1v) is 10.8. The number of hydrogen-bond donors (Lipinski definition) is 1. The Balaban J connectivity index is 1.97. The van der Waals surface area contributed by atoms with Crippen LogP contribution in [0.5, 0.6) is 0 Å². The van der Waals surface area contributed by atoms with Crippen LogP contribution in [-0.2, 0) is 0 Å². The van der Waals surface area contributed by atoms with E-state index in [4.69, 9.17) is 4.42 Å². The number of aliphatic hydroxyl groups excluding tert-OH is 1. The van der Waals surface area contributed by atoms with E-state index in [0.717, 1.165) is 21.6 Å². The molecule has 5 nitrogen and oxygen atoms in total. The van der Waals surface area contributed by atoms with Gasteiger partial charge in [-0.15, -0.1) is 11.8 Å². The minimum absolute atomic E-state index is 0.0279. The average Bonchev–Trinajstić information content (AvgIpc) is 2.98. The van der Waals surface area contributed by atoms with Gasteiger partial charge in [-0.3, -0.25) is 9.59 Å². The monoisotopic (exact) mass is 409 g/mol. The maximum atomic E-state index is 13.5. The number of hydrogen-bond acceptors (Lipinski definition) is 5. The highest BCUT2D eigenvalue weighted by molar-refractivity contribution is 7.98. The van der Waals surface area contributed by atoms with Gasteiger partial charge in [0, 0.05) is 18.0 Å². The van der Waals surface area contributed by atoms with Crippen molar-refractivity contribution in [3.8, 4) is 0 Å². The number of amides is 1. The van der Waals surface area contributed by atoms with Crippen LogP contribution in [-0.4, -0.2) is 35.3 Å². The fourth-order valence-corrected chi connectivity index (χ4v) is 4.53. The SMILES string of the molecule is CSc1ccc(C2c3c(oc4cc(C)cc(C)c4c3=O)C(=O)N2CCCO)cc1. The average molecular weight is 410 g/mol. The molecule has 0 spiro atoms. The summed E-state index contributed by atoms with van der Waals surface area (Å²) >= 11 is 1.64. The molecule has 150 valence electrons. The van der Waals surface area contributed by atoms with E-state index in [2.05, 4.69) is 0 Å². The maximum absolute atomic E-state index is 13.5.